The van der Waals surface area contributed by atoms with Gasteiger partial charge >= 0.3 is 0 Å². The lowest BCUT2D eigenvalue weighted by Crippen LogP contribution is -2.20. The lowest BCUT2D eigenvalue weighted by Gasteiger charge is -2.22. The molecule has 1 N–H and O–H groups in total. The van der Waals surface area contributed by atoms with Crippen LogP contribution in [-0.2, 0) is 0 Å². The zero-order chi connectivity index (χ0) is 12.3. The van der Waals surface area contributed by atoms with Crippen molar-refractivity contribution in [1.29, 1.82) is 0 Å². The summed E-state index contributed by atoms with van der Waals surface area (Å²) in [5, 5.41) is 4.30. The molecule has 0 spiro atoms. The first kappa shape index (κ1) is 12.9. The Bertz CT molecular complexity index is 369. The first-order chi connectivity index (χ1) is 8.20. The van der Waals surface area contributed by atoms with E-state index in [9.17, 15) is 0 Å². The van der Waals surface area contributed by atoms with Crippen LogP contribution in [0.4, 0.5) is 0 Å². The van der Waals surface area contributed by atoms with Gasteiger partial charge in [0.2, 0.25) is 0 Å². The van der Waals surface area contributed by atoms with Crippen molar-refractivity contribution in [1.82, 2.24) is 5.32 Å². The van der Waals surface area contributed by atoms with Gasteiger partial charge in [-0.3, -0.25) is 0 Å². The molecule has 0 amide bonds. The van der Waals surface area contributed by atoms with Gasteiger partial charge in [-0.1, -0.05) is 43.4 Å². The Morgan fingerprint density at radius 1 is 1.35 bits per heavy atom. The maximum Gasteiger partial charge on any atom is 0.0408 e. The van der Waals surface area contributed by atoms with E-state index in [-0.39, 0.29) is 0 Å². The summed E-state index contributed by atoms with van der Waals surface area (Å²) in [6.45, 7) is 2.15. The van der Waals surface area contributed by atoms with Crippen LogP contribution in [0.2, 0.25) is 5.02 Å². The number of nitrogens with one attached hydrogen (secondary N) is 1. The van der Waals surface area contributed by atoms with Crippen molar-refractivity contribution in [3.05, 3.63) is 34.3 Å². The highest BCUT2D eigenvalue weighted by Crippen LogP contribution is 2.34. The normalized spacial score (nSPS) is 18.5. The predicted molar refractivity (Wildman–Crippen MR) is 74.6 cm³/mol. The molecular weight excluding hydrogens is 230 g/mol. The highest BCUT2D eigenvalue weighted by Gasteiger charge is 2.21. The summed E-state index contributed by atoms with van der Waals surface area (Å²) in [4.78, 5) is 0. The van der Waals surface area contributed by atoms with Crippen LogP contribution >= 0.6 is 11.6 Å². The van der Waals surface area contributed by atoms with Gasteiger partial charge in [0.05, 0.1) is 0 Å². The van der Waals surface area contributed by atoms with Crippen molar-refractivity contribution in [2.45, 2.75) is 45.1 Å². The molecule has 2 rings (SSSR count). The molecule has 1 fully saturated rings. The van der Waals surface area contributed by atoms with E-state index in [2.05, 4.69) is 31.4 Å². The molecule has 1 aromatic rings. The van der Waals surface area contributed by atoms with Crippen LogP contribution in [0.1, 0.15) is 49.3 Å². The van der Waals surface area contributed by atoms with E-state index in [1.54, 1.807) is 0 Å². The van der Waals surface area contributed by atoms with Gasteiger partial charge in [0, 0.05) is 11.1 Å². The lowest BCUT2D eigenvalue weighted by atomic mass is 9.91. The van der Waals surface area contributed by atoms with E-state index in [1.807, 2.05) is 6.07 Å². The third kappa shape index (κ3) is 3.23. The molecule has 1 saturated carbocycles. The van der Waals surface area contributed by atoms with Crippen LogP contribution in [0, 0.1) is 12.8 Å². The molecule has 0 aromatic heterocycles. The molecule has 1 unspecified atom stereocenters. The van der Waals surface area contributed by atoms with Gasteiger partial charge in [-0.25, -0.2) is 0 Å². The van der Waals surface area contributed by atoms with E-state index in [0.29, 0.717) is 6.04 Å². The summed E-state index contributed by atoms with van der Waals surface area (Å²) in [7, 11) is 2.06. The largest absolute Gasteiger partial charge is 0.313 e. The average Bonchev–Trinajstić information content (AvgIpc) is 2.79. The number of benzene rings is 1. The van der Waals surface area contributed by atoms with Crippen molar-refractivity contribution in [3.8, 4) is 0 Å². The summed E-state index contributed by atoms with van der Waals surface area (Å²) in [5.41, 5.74) is 2.71. The first-order valence-electron chi connectivity index (χ1n) is 6.64. The number of halogens is 1. The van der Waals surface area contributed by atoms with Crippen molar-refractivity contribution in [2.75, 3.05) is 7.05 Å². The quantitative estimate of drug-likeness (QED) is 0.832. The van der Waals surface area contributed by atoms with E-state index >= 15 is 0 Å². The number of aryl methyl sites for hydroxylation is 1. The molecule has 94 valence electrons. The molecule has 17 heavy (non-hydrogen) atoms. The third-order valence-electron chi connectivity index (χ3n) is 4.00. The lowest BCUT2D eigenvalue weighted by molar-refractivity contribution is 0.412. The molecule has 1 nitrogen and oxygen atoms in total. The molecule has 0 aliphatic heterocycles. The zero-order valence-electron chi connectivity index (χ0n) is 10.8. The second-order valence-corrected chi connectivity index (χ2v) is 5.66. The van der Waals surface area contributed by atoms with Crippen LogP contribution in [0.5, 0.6) is 0 Å². The summed E-state index contributed by atoms with van der Waals surface area (Å²) < 4.78 is 0. The molecule has 1 atom stereocenters. The van der Waals surface area contributed by atoms with E-state index < -0.39 is 0 Å². The van der Waals surface area contributed by atoms with Gasteiger partial charge in [-0.2, -0.15) is 0 Å². The van der Waals surface area contributed by atoms with E-state index in [0.717, 1.165) is 10.9 Å². The summed E-state index contributed by atoms with van der Waals surface area (Å²) in [5.74, 6) is 0.905. The van der Waals surface area contributed by atoms with Crippen LogP contribution < -0.4 is 5.32 Å². The number of hydrogen-bond acceptors (Lipinski definition) is 1. The van der Waals surface area contributed by atoms with Crippen molar-refractivity contribution in [3.63, 3.8) is 0 Å². The van der Waals surface area contributed by atoms with Crippen molar-refractivity contribution < 1.29 is 0 Å². The Balaban J connectivity index is 2.10. The topological polar surface area (TPSA) is 12.0 Å². The standard InChI is InChI=1S/C15H22ClN/c1-11-9-13(16)7-8-14(11)15(17-2)10-12-5-3-4-6-12/h7-9,12,15,17H,3-6,10H2,1-2H3. The minimum atomic E-state index is 0.482. The number of rotatable bonds is 4. The Morgan fingerprint density at radius 3 is 2.65 bits per heavy atom. The SMILES string of the molecule is CNC(CC1CCCC1)c1ccc(Cl)cc1C. The Morgan fingerprint density at radius 2 is 2.06 bits per heavy atom. The van der Waals surface area contributed by atoms with Crippen LogP contribution in [0.25, 0.3) is 0 Å². The Labute approximate surface area is 110 Å². The molecule has 1 aliphatic carbocycles. The second kappa shape index (κ2) is 5.88. The minimum Gasteiger partial charge on any atom is -0.313 e. The molecule has 0 bridgehead atoms. The van der Waals surface area contributed by atoms with Crippen molar-refractivity contribution in [2.24, 2.45) is 5.92 Å². The fraction of sp³-hybridized carbons (Fsp3) is 0.600. The van der Waals surface area contributed by atoms with Crippen LogP contribution in [-0.4, -0.2) is 7.05 Å². The van der Waals surface area contributed by atoms with Gasteiger partial charge in [-0.15, -0.1) is 0 Å². The fourth-order valence-corrected chi connectivity index (χ4v) is 3.24. The molecule has 1 aliphatic rings. The minimum absolute atomic E-state index is 0.482. The molecule has 0 heterocycles. The highest BCUT2D eigenvalue weighted by atomic mass is 35.5. The van der Waals surface area contributed by atoms with Crippen LogP contribution in [0.15, 0.2) is 18.2 Å². The maximum absolute atomic E-state index is 6.01. The van der Waals surface area contributed by atoms with Gasteiger partial charge in [-0.05, 0) is 49.6 Å². The molecular formula is C15H22ClN. The van der Waals surface area contributed by atoms with Crippen LogP contribution in [0.3, 0.4) is 0 Å². The zero-order valence-corrected chi connectivity index (χ0v) is 11.6. The Hall–Kier alpha value is -0.530. The number of hydrogen-bond donors (Lipinski definition) is 1. The molecule has 2 heteroatoms. The summed E-state index contributed by atoms with van der Waals surface area (Å²) >= 11 is 6.01. The highest BCUT2D eigenvalue weighted by molar-refractivity contribution is 6.30. The Kier molecular flexibility index (Phi) is 4.47. The van der Waals surface area contributed by atoms with Gasteiger partial charge < -0.3 is 5.32 Å². The maximum atomic E-state index is 6.01. The second-order valence-electron chi connectivity index (χ2n) is 5.23. The first-order valence-corrected chi connectivity index (χ1v) is 7.02. The van der Waals surface area contributed by atoms with Gasteiger partial charge in [0.25, 0.3) is 0 Å². The van der Waals surface area contributed by atoms with Gasteiger partial charge in [0.15, 0.2) is 0 Å². The van der Waals surface area contributed by atoms with Gasteiger partial charge in [0.1, 0.15) is 0 Å². The molecule has 1 aromatic carbocycles. The smallest absolute Gasteiger partial charge is 0.0408 e. The van der Waals surface area contributed by atoms with E-state index in [4.69, 9.17) is 11.6 Å². The third-order valence-corrected chi connectivity index (χ3v) is 4.23. The average molecular weight is 252 g/mol. The fourth-order valence-electron chi connectivity index (χ4n) is 3.01. The monoisotopic (exact) mass is 251 g/mol. The van der Waals surface area contributed by atoms with Crippen molar-refractivity contribution >= 4 is 11.6 Å². The summed E-state index contributed by atoms with van der Waals surface area (Å²) in [6, 6.07) is 6.72. The summed E-state index contributed by atoms with van der Waals surface area (Å²) in [6.07, 6.45) is 6.91. The predicted octanol–water partition coefficient (Wildman–Crippen LogP) is 4.49. The molecule has 0 radical (unpaired) electrons. The van der Waals surface area contributed by atoms with E-state index in [1.165, 1.54) is 43.2 Å². The molecule has 0 saturated heterocycles.